The van der Waals surface area contributed by atoms with E-state index < -0.39 is 5.91 Å². The van der Waals surface area contributed by atoms with E-state index in [1.165, 1.54) is 17.4 Å². The molecule has 1 fully saturated rings. The van der Waals surface area contributed by atoms with Crippen LogP contribution in [-0.4, -0.2) is 48.0 Å². The Morgan fingerprint density at radius 2 is 1.75 bits per heavy atom. The lowest BCUT2D eigenvalue weighted by atomic mass is 10.2. The fourth-order valence-electron chi connectivity index (χ4n) is 3.67. The van der Waals surface area contributed by atoms with E-state index in [1.54, 1.807) is 30.3 Å². The summed E-state index contributed by atoms with van der Waals surface area (Å²) in [5.41, 5.74) is 2.18. The molecule has 0 unspecified atom stereocenters. The van der Waals surface area contributed by atoms with Crippen molar-refractivity contribution in [2.45, 2.75) is 0 Å². The van der Waals surface area contributed by atoms with Gasteiger partial charge in [0.15, 0.2) is 5.11 Å². The molecule has 1 aromatic heterocycles. The molecule has 6 nitrogen and oxygen atoms in total. The van der Waals surface area contributed by atoms with Crippen LogP contribution in [0.2, 0.25) is 15.1 Å². The summed E-state index contributed by atoms with van der Waals surface area (Å²) in [5, 5.41) is 9.10. The fourth-order valence-corrected chi connectivity index (χ4v) is 5.35. The summed E-state index contributed by atoms with van der Waals surface area (Å²) in [5.74, 6) is -0.340. The zero-order valence-electron chi connectivity index (χ0n) is 18.8. The third-order valence-corrected chi connectivity index (χ3v) is 7.39. The van der Waals surface area contributed by atoms with E-state index in [-0.39, 0.29) is 11.0 Å². The van der Waals surface area contributed by atoms with Crippen molar-refractivity contribution in [2.75, 3.05) is 36.4 Å². The van der Waals surface area contributed by atoms with Gasteiger partial charge < -0.3 is 15.1 Å². The van der Waals surface area contributed by atoms with E-state index in [2.05, 4.69) is 15.5 Å². The van der Waals surface area contributed by atoms with Crippen LogP contribution >= 0.6 is 58.4 Å². The number of hydrogen-bond acceptors (Lipinski definition) is 5. The summed E-state index contributed by atoms with van der Waals surface area (Å²) in [7, 11) is 0. The normalized spacial score (nSPS) is 13.6. The van der Waals surface area contributed by atoms with Gasteiger partial charge in [-0.3, -0.25) is 14.9 Å². The SMILES string of the molecule is O=C(/C=C/c1ccc(Cl)cc1Cl)NC(=S)Nc1ccc(N2CCN(C(=O)c3cccs3)CC2)c(Cl)c1. The summed E-state index contributed by atoms with van der Waals surface area (Å²) in [4.78, 5) is 29.5. The molecule has 0 radical (unpaired) electrons. The van der Waals surface area contributed by atoms with Crippen LogP contribution in [0.4, 0.5) is 11.4 Å². The van der Waals surface area contributed by atoms with Crippen molar-refractivity contribution in [1.82, 2.24) is 10.2 Å². The van der Waals surface area contributed by atoms with Crippen molar-refractivity contribution in [3.63, 3.8) is 0 Å². The molecular formula is C25H21Cl3N4O2S2. The largest absolute Gasteiger partial charge is 0.367 e. The van der Waals surface area contributed by atoms with Crippen LogP contribution in [-0.2, 0) is 4.79 Å². The van der Waals surface area contributed by atoms with Crippen LogP contribution in [0.1, 0.15) is 15.2 Å². The second-order valence-corrected chi connectivity index (χ2v) is 10.5. The number of piperazine rings is 1. The van der Waals surface area contributed by atoms with Gasteiger partial charge in [-0.1, -0.05) is 46.9 Å². The molecular weight excluding hydrogens is 559 g/mol. The van der Waals surface area contributed by atoms with Gasteiger partial charge in [-0.25, -0.2) is 0 Å². The molecule has 2 N–H and O–H groups in total. The first-order valence-corrected chi connectivity index (χ1v) is 13.3. The highest BCUT2D eigenvalue weighted by Crippen LogP contribution is 2.30. The lowest BCUT2D eigenvalue weighted by Crippen LogP contribution is -2.48. The molecule has 36 heavy (non-hydrogen) atoms. The number of anilines is 2. The summed E-state index contributed by atoms with van der Waals surface area (Å²) >= 11 is 25.3. The van der Waals surface area contributed by atoms with Gasteiger partial charge in [0, 0.05) is 48.0 Å². The second-order valence-electron chi connectivity index (χ2n) is 7.87. The van der Waals surface area contributed by atoms with Gasteiger partial charge in [-0.2, -0.15) is 0 Å². The first-order valence-electron chi connectivity index (χ1n) is 10.9. The Kier molecular flexibility index (Phi) is 8.87. The summed E-state index contributed by atoms with van der Waals surface area (Å²) < 4.78 is 0. The Morgan fingerprint density at radius 3 is 2.42 bits per heavy atom. The van der Waals surface area contributed by atoms with Crippen molar-refractivity contribution in [1.29, 1.82) is 0 Å². The number of benzene rings is 2. The Labute approximate surface area is 233 Å². The molecule has 0 bridgehead atoms. The van der Waals surface area contributed by atoms with E-state index in [1.807, 2.05) is 34.5 Å². The molecule has 0 saturated carbocycles. The monoisotopic (exact) mass is 578 g/mol. The maximum atomic E-state index is 12.6. The first kappa shape index (κ1) is 26.4. The molecule has 2 aromatic carbocycles. The van der Waals surface area contributed by atoms with Gasteiger partial charge in [0.2, 0.25) is 5.91 Å². The highest BCUT2D eigenvalue weighted by atomic mass is 35.5. The quantitative estimate of drug-likeness (QED) is 0.278. The van der Waals surface area contributed by atoms with E-state index in [4.69, 9.17) is 47.0 Å². The van der Waals surface area contributed by atoms with E-state index >= 15 is 0 Å². The Hall–Kier alpha value is -2.62. The number of nitrogens with zero attached hydrogens (tertiary/aromatic N) is 2. The average molecular weight is 580 g/mol. The molecule has 186 valence electrons. The number of amides is 2. The third-order valence-electron chi connectivity index (χ3n) is 5.46. The molecule has 3 aromatic rings. The summed E-state index contributed by atoms with van der Waals surface area (Å²) in [6.45, 7) is 2.61. The molecule has 0 spiro atoms. The lowest BCUT2D eigenvalue weighted by molar-refractivity contribution is -0.115. The Bertz CT molecular complexity index is 1310. The highest BCUT2D eigenvalue weighted by Gasteiger charge is 2.24. The average Bonchev–Trinajstić information content (AvgIpc) is 3.38. The number of hydrogen-bond donors (Lipinski definition) is 2. The van der Waals surface area contributed by atoms with Gasteiger partial charge in [-0.15, -0.1) is 11.3 Å². The molecule has 1 saturated heterocycles. The first-order chi connectivity index (χ1) is 17.3. The number of rotatable bonds is 5. The van der Waals surface area contributed by atoms with Crippen molar-refractivity contribution in [3.05, 3.63) is 85.5 Å². The molecule has 0 atom stereocenters. The minimum Gasteiger partial charge on any atom is -0.367 e. The minimum atomic E-state index is -0.406. The van der Waals surface area contributed by atoms with Crippen molar-refractivity contribution < 1.29 is 9.59 Å². The van der Waals surface area contributed by atoms with Crippen LogP contribution in [0.3, 0.4) is 0 Å². The number of carbonyl (C=O) groups is 2. The van der Waals surface area contributed by atoms with Gasteiger partial charge in [0.1, 0.15) is 0 Å². The predicted molar refractivity (Wildman–Crippen MR) is 154 cm³/mol. The topological polar surface area (TPSA) is 64.7 Å². The lowest BCUT2D eigenvalue weighted by Gasteiger charge is -2.36. The van der Waals surface area contributed by atoms with Crippen molar-refractivity contribution in [3.8, 4) is 0 Å². The molecule has 1 aliphatic heterocycles. The standard InChI is InChI=1S/C25H21Cl3N4O2S2/c26-17-5-3-16(19(27)14-17)4-8-23(33)30-25(35)29-18-6-7-21(20(28)15-18)31-9-11-32(12-10-31)24(34)22-2-1-13-36-22/h1-8,13-15H,9-12H2,(H2,29,30,33,35)/b8-4+. The Morgan fingerprint density at radius 1 is 0.972 bits per heavy atom. The zero-order valence-corrected chi connectivity index (χ0v) is 22.7. The number of carbonyl (C=O) groups excluding carboxylic acids is 2. The molecule has 2 heterocycles. The molecule has 4 rings (SSSR count). The Balaban J connectivity index is 1.29. The van der Waals surface area contributed by atoms with E-state index in [0.717, 1.165) is 10.6 Å². The molecule has 11 heteroatoms. The second kappa shape index (κ2) is 12.1. The van der Waals surface area contributed by atoms with E-state index in [9.17, 15) is 9.59 Å². The number of thiophene rings is 1. The summed E-state index contributed by atoms with van der Waals surface area (Å²) in [6, 6.07) is 14.2. The fraction of sp³-hybridized carbons (Fsp3) is 0.160. The van der Waals surface area contributed by atoms with Crippen LogP contribution in [0.5, 0.6) is 0 Å². The molecule has 1 aliphatic rings. The molecule has 2 amide bonds. The number of thiocarbonyl (C=S) groups is 1. The smallest absolute Gasteiger partial charge is 0.264 e. The number of nitrogens with one attached hydrogen (secondary N) is 2. The predicted octanol–water partition coefficient (Wildman–Crippen LogP) is 6.20. The summed E-state index contributed by atoms with van der Waals surface area (Å²) in [6.07, 6.45) is 2.91. The van der Waals surface area contributed by atoms with E-state index in [0.29, 0.717) is 52.5 Å². The highest BCUT2D eigenvalue weighted by molar-refractivity contribution is 7.80. The van der Waals surface area contributed by atoms with Gasteiger partial charge >= 0.3 is 0 Å². The van der Waals surface area contributed by atoms with Gasteiger partial charge in [0.05, 0.1) is 15.6 Å². The molecule has 0 aliphatic carbocycles. The number of halogens is 3. The van der Waals surface area contributed by atoms with Crippen molar-refractivity contribution in [2.24, 2.45) is 0 Å². The van der Waals surface area contributed by atoms with Gasteiger partial charge in [-0.05, 0) is 65.6 Å². The maximum Gasteiger partial charge on any atom is 0.264 e. The van der Waals surface area contributed by atoms with Gasteiger partial charge in [0.25, 0.3) is 5.91 Å². The van der Waals surface area contributed by atoms with Crippen molar-refractivity contribution >= 4 is 92.7 Å². The van der Waals surface area contributed by atoms with Crippen LogP contribution < -0.4 is 15.5 Å². The zero-order chi connectivity index (χ0) is 25.7. The van der Waals surface area contributed by atoms with Crippen LogP contribution in [0, 0.1) is 0 Å². The van der Waals surface area contributed by atoms with Crippen LogP contribution in [0.15, 0.2) is 60.0 Å². The maximum absolute atomic E-state index is 12.6. The third kappa shape index (κ3) is 6.78. The minimum absolute atomic E-state index is 0.0666. The van der Waals surface area contributed by atoms with Crippen LogP contribution in [0.25, 0.3) is 6.08 Å².